The van der Waals surface area contributed by atoms with E-state index in [-0.39, 0.29) is 6.61 Å². The maximum Gasteiger partial charge on any atom is 0.347 e. The van der Waals surface area contributed by atoms with Gasteiger partial charge in [0.2, 0.25) is 6.10 Å². The van der Waals surface area contributed by atoms with Gasteiger partial charge in [-0.1, -0.05) is 26.0 Å². The lowest BCUT2D eigenvalue weighted by Crippen LogP contribution is -2.31. The Morgan fingerprint density at radius 1 is 1.41 bits per heavy atom. The van der Waals surface area contributed by atoms with E-state index in [0.717, 1.165) is 5.56 Å². The minimum absolute atomic E-state index is 0.0290. The van der Waals surface area contributed by atoms with E-state index in [9.17, 15) is 4.79 Å². The molecule has 1 unspecified atom stereocenters. The van der Waals surface area contributed by atoms with Crippen LogP contribution in [0.3, 0.4) is 0 Å². The summed E-state index contributed by atoms with van der Waals surface area (Å²) >= 11 is 0. The Bertz CT molecular complexity index is 373. The van der Waals surface area contributed by atoms with E-state index in [1.54, 1.807) is 6.07 Å². The van der Waals surface area contributed by atoms with Crippen molar-refractivity contribution in [3.8, 4) is 5.75 Å². The van der Waals surface area contributed by atoms with Crippen LogP contribution in [0.25, 0.3) is 0 Å². The van der Waals surface area contributed by atoms with Gasteiger partial charge in [-0.05, 0) is 23.6 Å². The predicted octanol–water partition coefficient (Wildman–Crippen LogP) is 2.29. The first kappa shape index (κ1) is 13.5. The Morgan fingerprint density at radius 3 is 2.65 bits per heavy atom. The van der Waals surface area contributed by atoms with Crippen LogP contribution in [0.4, 0.5) is 0 Å². The van der Waals surface area contributed by atoms with Crippen molar-refractivity contribution in [1.82, 2.24) is 0 Å². The average molecular weight is 238 g/mol. The molecule has 94 valence electrons. The van der Waals surface area contributed by atoms with Gasteiger partial charge in [0, 0.05) is 7.11 Å². The van der Waals surface area contributed by atoms with Crippen molar-refractivity contribution in [1.29, 1.82) is 0 Å². The zero-order valence-electron chi connectivity index (χ0n) is 10.3. The van der Waals surface area contributed by atoms with Gasteiger partial charge in [-0.25, -0.2) is 4.79 Å². The highest BCUT2D eigenvalue weighted by Gasteiger charge is 2.19. The normalized spacial score (nSPS) is 12.5. The molecule has 0 saturated heterocycles. The van der Waals surface area contributed by atoms with Crippen LogP contribution in [0.15, 0.2) is 24.3 Å². The molecular weight excluding hydrogens is 220 g/mol. The number of rotatable bonds is 6. The molecule has 17 heavy (non-hydrogen) atoms. The first-order valence-electron chi connectivity index (χ1n) is 5.53. The van der Waals surface area contributed by atoms with Gasteiger partial charge in [-0.2, -0.15) is 0 Å². The van der Waals surface area contributed by atoms with Crippen LogP contribution >= 0.6 is 0 Å². The van der Waals surface area contributed by atoms with Crippen molar-refractivity contribution in [3.63, 3.8) is 0 Å². The molecule has 0 amide bonds. The summed E-state index contributed by atoms with van der Waals surface area (Å²) in [7, 11) is 1.45. The van der Waals surface area contributed by atoms with Crippen LogP contribution in [0.5, 0.6) is 5.75 Å². The van der Waals surface area contributed by atoms with Crippen molar-refractivity contribution >= 4 is 5.97 Å². The third kappa shape index (κ3) is 4.07. The Kier molecular flexibility index (Phi) is 4.97. The molecule has 0 aliphatic heterocycles. The molecule has 0 radical (unpaired) electrons. The third-order valence-electron chi connectivity index (χ3n) is 2.40. The maximum absolute atomic E-state index is 10.9. The quantitative estimate of drug-likeness (QED) is 0.826. The Hall–Kier alpha value is -1.55. The van der Waals surface area contributed by atoms with Gasteiger partial charge in [0.15, 0.2) is 0 Å². The Labute approximate surface area is 101 Å². The lowest BCUT2D eigenvalue weighted by Gasteiger charge is -2.15. The van der Waals surface area contributed by atoms with E-state index in [2.05, 4.69) is 13.8 Å². The SMILES string of the molecule is COCC(Oc1cccc(C(C)C)c1)C(=O)O. The fourth-order valence-electron chi connectivity index (χ4n) is 1.42. The van der Waals surface area contributed by atoms with Gasteiger partial charge in [-0.3, -0.25) is 0 Å². The highest BCUT2D eigenvalue weighted by molar-refractivity contribution is 5.72. The third-order valence-corrected chi connectivity index (χ3v) is 2.40. The van der Waals surface area contributed by atoms with E-state index in [1.807, 2.05) is 18.2 Å². The molecule has 1 N–H and O–H groups in total. The second kappa shape index (κ2) is 6.25. The van der Waals surface area contributed by atoms with Crippen molar-refractivity contribution in [2.45, 2.75) is 25.9 Å². The van der Waals surface area contributed by atoms with Crippen LogP contribution in [-0.4, -0.2) is 30.9 Å². The van der Waals surface area contributed by atoms with E-state index in [0.29, 0.717) is 11.7 Å². The number of hydrogen-bond acceptors (Lipinski definition) is 3. The Balaban J connectivity index is 2.78. The molecule has 0 bridgehead atoms. The number of carbonyl (C=O) groups is 1. The lowest BCUT2D eigenvalue weighted by atomic mass is 10.0. The molecule has 0 spiro atoms. The summed E-state index contributed by atoms with van der Waals surface area (Å²) in [5.74, 6) is -0.0910. The standard InChI is InChI=1S/C13H18O4/c1-9(2)10-5-4-6-11(7-10)17-12(8-16-3)13(14)15/h4-7,9,12H,8H2,1-3H3,(H,14,15). The molecule has 0 aliphatic carbocycles. The zero-order chi connectivity index (χ0) is 12.8. The minimum Gasteiger partial charge on any atom is -0.478 e. The van der Waals surface area contributed by atoms with E-state index in [4.69, 9.17) is 14.6 Å². The van der Waals surface area contributed by atoms with Gasteiger partial charge >= 0.3 is 5.97 Å². The molecule has 1 rings (SSSR count). The molecule has 4 nitrogen and oxygen atoms in total. The summed E-state index contributed by atoms with van der Waals surface area (Å²) in [5, 5.41) is 8.94. The molecule has 0 heterocycles. The summed E-state index contributed by atoms with van der Waals surface area (Å²) in [5.41, 5.74) is 1.11. The van der Waals surface area contributed by atoms with Crippen LogP contribution in [-0.2, 0) is 9.53 Å². The van der Waals surface area contributed by atoms with Gasteiger partial charge in [0.1, 0.15) is 5.75 Å². The molecule has 0 fully saturated rings. The summed E-state index contributed by atoms with van der Waals surface area (Å²) in [6, 6.07) is 7.45. The summed E-state index contributed by atoms with van der Waals surface area (Å²) in [4.78, 5) is 10.9. The van der Waals surface area contributed by atoms with Gasteiger partial charge in [0.25, 0.3) is 0 Å². The van der Waals surface area contributed by atoms with Crippen molar-refractivity contribution < 1.29 is 19.4 Å². The molecule has 1 atom stereocenters. The molecule has 1 aromatic carbocycles. The largest absolute Gasteiger partial charge is 0.478 e. The summed E-state index contributed by atoms with van der Waals surface area (Å²) in [6.07, 6.45) is -0.970. The Morgan fingerprint density at radius 2 is 2.12 bits per heavy atom. The number of carboxylic acid groups (broad SMARTS) is 1. The highest BCUT2D eigenvalue weighted by Crippen LogP contribution is 2.21. The van der Waals surface area contributed by atoms with Crippen molar-refractivity contribution in [3.05, 3.63) is 29.8 Å². The number of hydrogen-bond donors (Lipinski definition) is 1. The van der Waals surface area contributed by atoms with Crippen LogP contribution in [0.1, 0.15) is 25.3 Å². The summed E-state index contributed by atoms with van der Waals surface area (Å²) < 4.78 is 10.2. The average Bonchev–Trinajstić information content (AvgIpc) is 2.28. The minimum atomic E-state index is -1.03. The lowest BCUT2D eigenvalue weighted by molar-refractivity contribution is -0.147. The molecule has 0 aliphatic rings. The summed E-state index contributed by atoms with van der Waals surface area (Å²) in [6.45, 7) is 4.17. The fourth-order valence-corrected chi connectivity index (χ4v) is 1.42. The number of ether oxygens (including phenoxy) is 2. The second-order valence-electron chi connectivity index (χ2n) is 4.13. The molecule has 1 aromatic rings. The topological polar surface area (TPSA) is 55.8 Å². The van der Waals surface area contributed by atoms with Crippen molar-refractivity contribution in [2.24, 2.45) is 0 Å². The van der Waals surface area contributed by atoms with Crippen LogP contribution < -0.4 is 4.74 Å². The molecule has 0 aromatic heterocycles. The van der Waals surface area contributed by atoms with Gasteiger partial charge < -0.3 is 14.6 Å². The molecule has 0 saturated carbocycles. The number of carboxylic acids is 1. The van der Waals surface area contributed by atoms with E-state index < -0.39 is 12.1 Å². The van der Waals surface area contributed by atoms with Crippen LogP contribution in [0, 0.1) is 0 Å². The smallest absolute Gasteiger partial charge is 0.347 e. The first-order valence-corrected chi connectivity index (χ1v) is 5.53. The monoisotopic (exact) mass is 238 g/mol. The predicted molar refractivity (Wildman–Crippen MR) is 64.5 cm³/mol. The highest BCUT2D eigenvalue weighted by atomic mass is 16.5. The fraction of sp³-hybridized carbons (Fsp3) is 0.462. The van der Waals surface area contributed by atoms with Gasteiger partial charge in [0.05, 0.1) is 6.61 Å². The zero-order valence-corrected chi connectivity index (χ0v) is 10.3. The van der Waals surface area contributed by atoms with Crippen molar-refractivity contribution in [2.75, 3.05) is 13.7 Å². The van der Waals surface area contributed by atoms with E-state index in [1.165, 1.54) is 7.11 Å². The second-order valence-corrected chi connectivity index (χ2v) is 4.13. The first-order chi connectivity index (χ1) is 8.04. The molecule has 4 heteroatoms. The van der Waals surface area contributed by atoms with Gasteiger partial charge in [-0.15, -0.1) is 0 Å². The number of aliphatic carboxylic acids is 1. The van der Waals surface area contributed by atoms with E-state index >= 15 is 0 Å². The number of benzene rings is 1. The van der Waals surface area contributed by atoms with Crippen LogP contribution in [0.2, 0.25) is 0 Å². The molecular formula is C13H18O4. The number of methoxy groups -OCH3 is 1. The maximum atomic E-state index is 10.9.